The molecule has 3 rings (SSSR count). The average molecular weight is 364 g/mol. The summed E-state index contributed by atoms with van der Waals surface area (Å²) in [5, 5.41) is 12.3. The maximum absolute atomic E-state index is 12.2. The fourth-order valence-electron chi connectivity index (χ4n) is 2.21. The smallest absolute Gasteiger partial charge is 0.276 e. The van der Waals surface area contributed by atoms with Gasteiger partial charge in [-0.3, -0.25) is 14.2 Å². The normalized spacial score (nSPS) is 10.8. The Hall–Kier alpha value is -2.31. The van der Waals surface area contributed by atoms with Gasteiger partial charge in [0, 0.05) is 34.5 Å². The third-order valence-corrected chi connectivity index (χ3v) is 4.18. The number of nitrogens with one attached hydrogen (secondary N) is 1. The first-order valence-electron chi connectivity index (χ1n) is 7.37. The van der Waals surface area contributed by atoms with Crippen LogP contribution in [-0.4, -0.2) is 25.5 Å². The van der Waals surface area contributed by atoms with Crippen molar-refractivity contribution < 1.29 is 4.79 Å². The van der Waals surface area contributed by atoms with Crippen molar-refractivity contribution in [2.75, 3.05) is 5.32 Å². The molecular weight excluding hydrogens is 349 g/mol. The fourth-order valence-corrected chi connectivity index (χ4v) is 2.73. The molecule has 0 bridgehead atoms. The summed E-state index contributed by atoms with van der Waals surface area (Å²) >= 11 is 12.3. The number of hydrogen-bond acceptors (Lipinski definition) is 3. The van der Waals surface area contributed by atoms with Gasteiger partial charge in [-0.2, -0.15) is 10.2 Å². The molecule has 124 valence electrons. The summed E-state index contributed by atoms with van der Waals surface area (Å²) in [6.45, 7) is 3.08. The molecular formula is C16H15Cl2N5O. The lowest BCUT2D eigenvalue weighted by Gasteiger charge is -2.06. The van der Waals surface area contributed by atoms with E-state index in [0.717, 1.165) is 5.56 Å². The number of amides is 1. The Balaban J connectivity index is 1.70. The molecule has 1 aromatic carbocycles. The van der Waals surface area contributed by atoms with Crippen molar-refractivity contribution in [3.05, 3.63) is 64.2 Å². The zero-order valence-corrected chi connectivity index (χ0v) is 14.4. The maximum Gasteiger partial charge on any atom is 0.276 e. The van der Waals surface area contributed by atoms with E-state index in [-0.39, 0.29) is 5.91 Å². The summed E-state index contributed by atoms with van der Waals surface area (Å²) in [4.78, 5) is 12.2. The molecule has 0 saturated carbocycles. The highest BCUT2D eigenvalue weighted by atomic mass is 35.5. The number of halogens is 2. The third-order valence-electron chi connectivity index (χ3n) is 3.47. The van der Waals surface area contributed by atoms with Gasteiger partial charge < -0.3 is 5.32 Å². The number of nitrogens with zero attached hydrogens (tertiary/aromatic N) is 4. The van der Waals surface area contributed by atoms with Crippen LogP contribution in [0.25, 0.3) is 0 Å². The van der Waals surface area contributed by atoms with Gasteiger partial charge in [0.1, 0.15) is 0 Å². The number of hydrogen-bond donors (Lipinski definition) is 1. The zero-order chi connectivity index (χ0) is 17.1. The molecule has 0 aliphatic rings. The molecule has 8 heteroatoms. The van der Waals surface area contributed by atoms with E-state index >= 15 is 0 Å². The summed E-state index contributed by atoms with van der Waals surface area (Å²) in [6, 6.07) is 7.02. The molecule has 0 saturated heterocycles. The Morgan fingerprint density at radius 2 is 1.96 bits per heavy atom. The largest absolute Gasteiger partial charge is 0.318 e. The predicted octanol–water partition coefficient (Wildman–Crippen LogP) is 3.71. The van der Waals surface area contributed by atoms with Crippen LogP contribution in [0.3, 0.4) is 0 Å². The number of aryl methyl sites for hydroxylation is 1. The predicted molar refractivity (Wildman–Crippen MR) is 93.6 cm³/mol. The van der Waals surface area contributed by atoms with Crippen molar-refractivity contribution in [1.82, 2.24) is 19.6 Å². The summed E-state index contributed by atoms with van der Waals surface area (Å²) in [5.41, 5.74) is 1.72. The standard InChI is InChI=1S/C16H15Cl2N5O/c1-2-22-7-6-15(21-22)16(24)20-11-8-19-23(9-11)10-12-13(17)4-3-5-14(12)18/h3-9H,2,10H2,1H3,(H,20,24). The number of aromatic nitrogens is 4. The van der Waals surface area contributed by atoms with Crippen molar-refractivity contribution in [2.24, 2.45) is 0 Å². The topological polar surface area (TPSA) is 64.7 Å². The van der Waals surface area contributed by atoms with Crippen LogP contribution in [0.1, 0.15) is 23.0 Å². The summed E-state index contributed by atoms with van der Waals surface area (Å²) in [6.07, 6.45) is 5.05. The first kappa shape index (κ1) is 16.5. The van der Waals surface area contributed by atoms with E-state index in [1.54, 1.807) is 52.2 Å². The first-order chi connectivity index (χ1) is 11.6. The molecule has 2 aromatic heterocycles. The molecule has 2 heterocycles. The third kappa shape index (κ3) is 3.60. The average Bonchev–Trinajstić information content (AvgIpc) is 3.20. The second-order valence-electron chi connectivity index (χ2n) is 5.14. The SMILES string of the molecule is CCn1ccc(C(=O)Nc2cnn(Cc3c(Cl)cccc3Cl)c2)n1. The number of anilines is 1. The number of carbonyl (C=O) groups excluding carboxylic acids is 1. The minimum absolute atomic E-state index is 0.280. The molecule has 0 spiro atoms. The van der Waals surface area contributed by atoms with Crippen LogP contribution < -0.4 is 5.32 Å². The first-order valence-corrected chi connectivity index (χ1v) is 8.12. The van der Waals surface area contributed by atoms with E-state index in [2.05, 4.69) is 15.5 Å². The van der Waals surface area contributed by atoms with Crippen LogP contribution in [-0.2, 0) is 13.1 Å². The Labute approximate surface area is 149 Å². The van der Waals surface area contributed by atoms with E-state index in [1.165, 1.54) is 0 Å². The molecule has 0 unspecified atom stereocenters. The lowest BCUT2D eigenvalue weighted by atomic mass is 10.2. The van der Waals surface area contributed by atoms with Crippen molar-refractivity contribution in [3.63, 3.8) is 0 Å². The molecule has 24 heavy (non-hydrogen) atoms. The van der Waals surface area contributed by atoms with Crippen LogP contribution in [0.2, 0.25) is 10.0 Å². The number of rotatable bonds is 5. The molecule has 3 aromatic rings. The molecule has 0 aliphatic heterocycles. The van der Waals surface area contributed by atoms with Crippen LogP contribution in [0, 0.1) is 0 Å². The van der Waals surface area contributed by atoms with Crippen LogP contribution in [0.15, 0.2) is 42.9 Å². The van der Waals surface area contributed by atoms with Gasteiger partial charge in [-0.1, -0.05) is 29.3 Å². The van der Waals surface area contributed by atoms with Gasteiger partial charge in [0.25, 0.3) is 5.91 Å². The fraction of sp³-hybridized carbons (Fsp3) is 0.188. The quantitative estimate of drug-likeness (QED) is 0.751. The molecule has 0 fully saturated rings. The van der Waals surface area contributed by atoms with E-state index in [9.17, 15) is 4.79 Å². The highest BCUT2D eigenvalue weighted by Crippen LogP contribution is 2.25. The minimum atomic E-state index is -0.280. The van der Waals surface area contributed by atoms with Crippen LogP contribution >= 0.6 is 23.2 Å². The molecule has 1 amide bonds. The lowest BCUT2D eigenvalue weighted by molar-refractivity contribution is 0.102. The summed E-state index contributed by atoms with van der Waals surface area (Å²) in [7, 11) is 0. The molecule has 1 N–H and O–H groups in total. The van der Waals surface area contributed by atoms with Gasteiger partial charge in [-0.05, 0) is 25.1 Å². The second-order valence-corrected chi connectivity index (χ2v) is 5.95. The van der Waals surface area contributed by atoms with Gasteiger partial charge in [-0.15, -0.1) is 0 Å². The van der Waals surface area contributed by atoms with Gasteiger partial charge in [0.2, 0.25) is 0 Å². The zero-order valence-electron chi connectivity index (χ0n) is 12.9. The second kappa shape index (κ2) is 7.07. The molecule has 0 atom stereocenters. The highest BCUT2D eigenvalue weighted by Gasteiger charge is 2.12. The number of carbonyl (C=O) groups is 1. The molecule has 0 aliphatic carbocycles. The van der Waals surface area contributed by atoms with Crippen LogP contribution in [0.4, 0.5) is 5.69 Å². The van der Waals surface area contributed by atoms with Crippen molar-refractivity contribution in [2.45, 2.75) is 20.0 Å². The highest BCUT2D eigenvalue weighted by molar-refractivity contribution is 6.35. The Kier molecular flexibility index (Phi) is 4.87. The van der Waals surface area contributed by atoms with E-state index < -0.39 is 0 Å². The van der Waals surface area contributed by atoms with Crippen molar-refractivity contribution in [1.29, 1.82) is 0 Å². The van der Waals surface area contributed by atoms with E-state index in [1.807, 2.05) is 6.92 Å². The van der Waals surface area contributed by atoms with Crippen molar-refractivity contribution in [3.8, 4) is 0 Å². The Bertz CT molecular complexity index is 851. The minimum Gasteiger partial charge on any atom is -0.318 e. The van der Waals surface area contributed by atoms with Crippen molar-refractivity contribution >= 4 is 34.8 Å². The molecule has 0 radical (unpaired) electrons. The number of benzene rings is 1. The lowest BCUT2D eigenvalue weighted by Crippen LogP contribution is -2.13. The maximum atomic E-state index is 12.2. The van der Waals surface area contributed by atoms with Crippen LogP contribution in [0.5, 0.6) is 0 Å². The Morgan fingerprint density at radius 1 is 1.21 bits per heavy atom. The summed E-state index contributed by atoms with van der Waals surface area (Å²) < 4.78 is 3.35. The monoisotopic (exact) mass is 363 g/mol. The molecule has 6 nitrogen and oxygen atoms in total. The Morgan fingerprint density at radius 3 is 2.62 bits per heavy atom. The van der Waals surface area contributed by atoms with E-state index in [0.29, 0.717) is 34.5 Å². The summed E-state index contributed by atoms with van der Waals surface area (Å²) in [5.74, 6) is -0.280. The van der Waals surface area contributed by atoms with Gasteiger partial charge >= 0.3 is 0 Å². The van der Waals surface area contributed by atoms with E-state index in [4.69, 9.17) is 23.2 Å². The van der Waals surface area contributed by atoms with Gasteiger partial charge in [-0.25, -0.2) is 0 Å². The van der Waals surface area contributed by atoms with Gasteiger partial charge in [0.15, 0.2) is 5.69 Å². The van der Waals surface area contributed by atoms with Gasteiger partial charge in [0.05, 0.1) is 18.4 Å².